The average Bonchev–Trinajstić information content (AvgIpc) is 3.17. The van der Waals surface area contributed by atoms with Crippen molar-refractivity contribution in [3.05, 3.63) is 42.2 Å². The van der Waals surface area contributed by atoms with Crippen LogP contribution in [-0.4, -0.2) is 55.6 Å². The molecule has 3 aromatic rings. The molecule has 0 amide bonds. The molecular weight excluding hydrogens is 464 g/mol. The van der Waals surface area contributed by atoms with E-state index >= 15 is 0 Å². The number of anilines is 3. The Bertz CT molecular complexity index is 1130. The maximum absolute atomic E-state index is 12.9. The number of nitrogens with one attached hydrogen (secondary N) is 3. The number of aromatic amines is 1. The molecule has 188 valence electrons. The van der Waals surface area contributed by atoms with Gasteiger partial charge in [0, 0.05) is 43.2 Å². The molecule has 4 rings (SSSR count). The van der Waals surface area contributed by atoms with Crippen LogP contribution >= 0.6 is 0 Å². The minimum Gasteiger partial charge on any atom is -0.481 e. The highest BCUT2D eigenvalue weighted by molar-refractivity contribution is 7.83. The van der Waals surface area contributed by atoms with Crippen LogP contribution in [0.1, 0.15) is 44.7 Å². The van der Waals surface area contributed by atoms with Gasteiger partial charge in [0.05, 0.1) is 7.11 Å². The molecule has 3 heterocycles. The van der Waals surface area contributed by atoms with Crippen LogP contribution in [-0.2, 0) is 11.0 Å². The molecule has 1 fully saturated rings. The second-order valence-electron chi connectivity index (χ2n) is 9.00. The lowest BCUT2D eigenvalue weighted by Gasteiger charge is -2.31. The molecule has 0 spiro atoms. The van der Waals surface area contributed by atoms with Gasteiger partial charge in [-0.05, 0) is 50.7 Å². The fourth-order valence-corrected chi connectivity index (χ4v) is 5.46. The molecule has 0 saturated heterocycles. The van der Waals surface area contributed by atoms with Gasteiger partial charge in [-0.15, -0.1) is 0 Å². The normalized spacial score (nSPS) is 21.2. The second-order valence-corrected chi connectivity index (χ2v) is 10.2. The minimum atomic E-state index is -1.35. The third-order valence-corrected chi connectivity index (χ3v) is 7.66. The van der Waals surface area contributed by atoms with Crippen molar-refractivity contribution in [1.82, 2.24) is 29.9 Å². The van der Waals surface area contributed by atoms with Gasteiger partial charge in [-0.25, -0.2) is 13.9 Å². The highest BCUT2D eigenvalue weighted by atomic mass is 32.2. The van der Waals surface area contributed by atoms with Crippen molar-refractivity contribution in [2.24, 2.45) is 5.92 Å². The molecule has 1 saturated carbocycles. The summed E-state index contributed by atoms with van der Waals surface area (Å²) >= 11 is 0. The van der Waals surface area contributed by atoms with Crippen LogP contribution in [0.4, 0.5) is 17.6 Å². The summed E-state index contributed by atoms with van der Waals surface area (Å²) in [6.07, 6.45) is 6.66. The van der Waals surface area contributed by atoms with E-state index in [1.165, 1.54) is 0 Å². The van der Waals surface area contributed by atoms with Crippen molar-refractivity contribution in [2.75, 3.05) is 24.4 Å². The highest BCUT2D eigenvalue weighted by Crippen LogP contribution is 2.31. The topological polar surface area (TPSA) is 121 Å². The molecule has 11 heteroatoms. The Morgan fingerprint density at radius 2 is 2.06 bits per heavy atom. The number of hydrogen-bond acceptors (Lipinski definition) is 8. The summed E-state index contributed by atoms with van der Waals surface area (Å²) in [6.45, 7) is 4.18. The number of methoxy groups -OCH3 is 1. The molecule has 4 atom stereocenters. The van der Waals surface area contributed by atoms with Crippen molar-refractivity contribution in [3.63, 3.8) is 0 Å². The number of pyridine rings is 1. The van der Waals surface area contributed by atoms with Gasteiger partial charge >= 0.3 is 0 Å². The summed E-state index contributed by atoms with van der Waals surface area (Å²) in [7, 11) is 2.26. The van der Waals surface area contributed by atoms with E-state index in [0.29, 0.717) is 34.4 Å². The number of H-pyrrole nitrogens is 1. The van der Waals surface area contributed by atoms with Gasteiger partial charge in [-0.2, -0.15) is 15.1 Å². The third kappa shape index (κ3) is 6.55. The Hall–Kier alpha value is -3.05. The quantitative estimate of drug-likeness (QED) is 0.382. The lowest BCUT2D eigenvalue weighted by Crippen LogP contribution is -2.40. The summed E-state index contributed by atoms with van der Waals surface area (Å²) in [6, 6.07) is 9.40. The Morgan fingerprint density at radius 3 is 2.74 bits per heavy atom. The molecule has 0 aromatic carbocycles. The molecule has 10 nitrogen and oxygen atoms in total. The van der Waals surface area contributed by atoms with Gasteiger partial charge in [-0.1, -0.05) is 19.4 Å². The van der Waals surface area contributed by atoms with Crippen LogP contribution in [0, 0.1) is 12.8 Å². The van der Waals surface area contributed by atoms with Crippen molar-refractivity contribution < 1.29 is 8.95 Å². The van der Waals surface area contributed by atoms with Crippen molar-refractivity contribution >= 4 is 28.6 Å². The maximum atomic E-state index is 12.9. The van der Waals surface area contributed by atoms with Gasteiger partial charge in [-0.3, -0.25) is 5.10 Å². The van der Waals surface area contributed by atoms with E-state index < -0.39 is 11.0 Å². The van der Waals surface area contributed by atoms with Gasteiger partial charge in [0.1, 0.15) is 21.8 Å². The van der Waals surface area contributed by atoms with Gasteiger partial charge in [0.15, 0.2) is 5.82 Å². The average molecular weight is 499 g/mol. The standard InChI is InChI=1S/C24H34N8O2S/c1-5-17-9-10-18(31-35(33)23-8-6-7-11-25-23)14-19(13-17)32(3)24-27-20(15-22(28-24)34-4)26-21-12-16(2)29-30-21/h6-8,11-12,15,17-19,31H,5,9-10,13-14H2,1-4H3,(H2,26,27,28,29,30). The number of ether oxygens (including phenoxy) is 1. The molecule has 3 N–H and O–H groups in total. The molecule has 1 aliphatic rings. The number of rotatable bonds is 9. The zero-order valence-corrected chi connectivity index (χ0v) is 21.5. The molecule has 3 aromatic heterocycles. The number of hydrogen-bond donors (Lipinski definition) is 3. The molecule has 35 heavy (non-hydrogen) atoms. The Balaban J connectivity index is 1.54. The molecule has 0 radical (unpaired) electrons. The van der Waals surface area contributed by atoms with Crippen LogP contribution in [0.3, 0.4) is 0 Å². The molecule has 0 bridgehead atoms. The summed E-state index contributed by atoms with van der Waals surface area (Å²) in [5.41, 5.74) is 0.955. The Morgan fingerprint density at radius 1 is 1.20 bits per heavy atom. The summed E-state index contributed by atoms with van der Waals surface area (Å²) < 4.78 is 21.7. The van der Waals surface area contributed by atoms with E-state index in [9.17, 15) is 4.21 Å². The Labute approximate surface area is 208 Å². The molecule has 1 aliphatic carbocycles. The third-order valence-electron chi connectivity index (χ3n) is 6.49. The van der Waals surface area contributed by atoms with E-state index in [0.717, 1.165) is 37.8 Å². The van der Waals surface area contributed by atoms with Gasteiger partial charge < -0.3 is 15.0 Å². The van der Waals surface area contributed by atoms with E-state index in [1.807, 2.05) is 32.2 Å². The van der Waals surface area contributed by atoms with Crippen molar-refractivity contribution in [2.45, 2.75) is 63.1 Å². The predicted molar refractivity (Wildman–Crippen MR) is 137 cm³/mol. The van der Waals surface area contributed by atoms with Crippen LogP contribution in [0.15, 0.2) is 41.6 Å². The van der Waals surface area contributed by atoms with Crippen LogP contribution in [0.2, 0.25) is 0 Å². The van der Waals surface area contributed by atoms with Crippen LogP contribution in [0.5, 0.6) is 5.88 Å². The zero-order valence-electron chi connectivity index (χ0n) is 20.7. The fourth-order valence-electron chi connectivity index (χ4n) is 4.46. The zero-order chi connectivity index (χ0) is 24.8. The summed E-state index contributed by atoms with van der Waals surface area (Å²) in [5, 5.41) is 10.9. The number of aryl methyl sites for hydroxylation is 1. The van der Waals surface area contributed by atoms with E-state index in [-0.39, 0.29) is 12.1 Å². The highest BCUT2D eigenvalue weighted by Gasteiger charge is 2.30. The molecule has 0 aliphatic heterocycles. The summed E-state index contributed by atoms with van der Waals surface area (Å²) in [4.78, 5) is 15.7. The summed E-state index contributed by atoms with van der Waals surface area (Å²) in [5.74, 6) is 2.91. The van der Waals surface area contributed by atoms with Crippen LogP contribution < -0.4 is 19.7 Å². The fraction of sp³-hybridized carbons (Fsp3) is 0.500. The monoisotopic (exact) mass is 498 g/mol. The first-order valence-corrected chi connectivity index (χ1v) is 13.1. The van der Waals surface area contributed by atoms with E-state index in [4.69, 9.17) is 9.72 Å². The minimum absolute atomic E-state index is 0.0945. The second kappa shape index (κ2) is 11.6. The lowest BCUT2D eigenvalue weighted by molar-refractivity contribution is 0.392. The Kier molecular flexibility index (Phi) is 8.29. The lowest BCUT2D eigenvalue weighted by atomic mass is 9.95. The number of nitrogens with zero attached hydrogens (tertiary/aromatic N) is 5. The number of aromatic nitrogens is 5. The van der Waals surface area contributed by atoms with Gasteiger partial charge in [0.2, 0.25) is 11.8 Å². The largest absolute Gasteiger partial charge is 0.481 e. The maximum Gasteiger partial charge on any atom is 0.230 e. The first-order chi connectivity index (χ1) is 16.9. The smallest absolute Gasteiger partial charge is 0.230 e. The van der Waals surface area contributed by atoms with Gasteiger partial charge in [0.25, 0.3) is 0 Å². The van der Waals surface area contributed by atoms with Crippen molar-refractivity contribution in [3.8, 4) is 5.88 Å². The van der Waals surface area contributed by atoms with Crippen molar-refractivity contribution in [1.29, 1.82) is 0 Å². The SMILES string of the molecule is CCC1CCC(NS(=O)c2ccccn2)CC(N(C)c2nc(Nc3cc(C)[nH]n3)cc(OC)n2)C1. The van der Waals surface area contributed by atoms with E-state index in [2.05, 4.69) is 42.0 Å². The molecular formula is C24H34N8O2S. The predicted octanol–water partition coefficient (Wildman–Crippen LogP) is 3.74. The van der Waals surface area contributed by atoms with E-state index in [1.54, 1.807) is 25.4 Å². The molecule has 4 unspecified atom stereocenters. The van der Waals surface area contributed by atoms with Crippen LogP contribution in [0.25, 0.3) is 0 Å². The first-order valence-electron chi connectivity index (χ1n) is 12.0. The first kappa shape index (κ1) is 25.1.